The van der Waals surface area contributed by atoms with E-state index in [-0.39, 0.29) is 25.4 Å². The highest BCUT2D eigenvalue weighted by Crippen LogP contribution is 2.34. The molecular formula is C30H38N4O6. The maximum absolute atomic E-state index is 14.1. The highest BCUT2D eigenvalue weighted by atomic mass is 16.7. The highest BCUT2D eigenvalue weighted by molar-refractivity contribution is 5.95. The third kappa shape index (κ3) is 7.61. The van der Waals surface area contributed by atoms with Gasteiger partial charge >= 0.3 is 6.09 Å². The van der Waals surface area contributed by atoms with Gasteiger partial charge in [-0.3, -0.25) is 4.79 Å². The van der Waals surface area contributed by atoms with Gasteiger partial charge in [0.15, 0.2) is 5.79 Å². The average molecular weight is 551 g/mol. The number of rotatable bonds is 13. The molecule has 2 aromatic carbocycles. The zero-order chi connectivity index (χ0) is 28.5. The zero-order valence-electron chi connectivity index (χ0n) is 23.1. The number of hydrogen-bond acceptors (Lipinski definition) is 7. The molecule has 2 aliphatic heterocycles. The van der Waals surface area contributed by atoms with E-state index in [1.807, 2.05) is 74.5 Å². The van der Waals surface area contributed by atoms with Crippen molar-refractivity contribution >= 4 is 12.0 Å². The second-order valence-electron chi connectivity index (χ2n) is 11.0. The first kappa shape index (κ1) is 29.6. The van der Waals surface area contributed by atoms with Gasteiger partial charge in [-0.25, -0.2) is 9.69 Å². The fourth-order valence-electron chi connectivity index (χ4n) is 5.63. The average Bonchev–Trinajstić information content (AvgIpc) is 3.53. The van der Waals surface area contributed by atoms with Crippen LogP contribution < -0.4 is 0 Å². The van der Waals surface area contributed by atoms with Gasteiger partial charge in [-0.05, 0) is 41.8 Å². The molecule has 214 valence electrons. The molecule has 0 bridgehead atoms. The van der Waals surface area contributed by atoms with Crippen LogP contribution in [-0.2, 0) is 31.8 Å². The van der Waals surface area contributed by atoms with Crippen molar-refractivity contribution in [1.82, 2.24) is 4.90 Å². The highest BCUT2D eigenvalue weighted by Gasteiger charge is 2.47. The Hall–Kier alpha value is -3.43. The minimum absolute atomic E-state index is 0.00913. The van der Waals surface area contributed by atoms with Gasteiger partial charge < -0.3 is 19.3 Å². The van der Waals surface area contributed by atoms with Crippen LogP contribution in [0.4, 0.5) is 4.79 Å². The van der Waals surface area contributed by atoms with Crippen molar-refractivity contribution in [3.63, 3.8) is 0 Å². The van der Waals surface area contributed by atoms with Crippen LogP contribution in [0.5, 0.6) is 0 Å². The van der Waals surface area contributed by atoms with E-state index in [4.69, 9.17) is 14.2 Å². The lowest BCUT2D eigenvalue weighted by atomic mass is 9.85. The molecule has 1 N–H and O–H groups in total. The minimum Gasteiger partial charge on any atom is -0.447 e. The summed E-state index contributed by atoms with van der Waals surface area (Å²) >= 11 is 0. The summed E-state index contributed by atoms with van der Waals surface area (Å²) < 4.78 is 17.4. The fourth-order valence-corrected chi connectivity index (χ4v) is 5.63. The van der Waals surface area contributed by atoms with Gasteiger partial charge in [0.05, 0.1) is 31.3 Å². The van der Waals surface area contributed by atoms with E-state index in [1.165, 1.54) is 0 Å². The van der Waals surface area contributed by atoms with E-state index in [2.05, 4.69) is 10.0 Å². The molecule has 4 atom stereocenters. The number of hydrogen-bond donors (Lipinski definition) is 1. The largest absolute Gasteiger partial charge is 0.447 e. The Morgan fingerprint density at radius 2 is 1.70 bits per heavy atom. The molecule has 0 spiro atoms. The molecule has 2 aromatic rings. The molecule has 40 heavy (non-hydrogen) atoms. The monoisotopic (exact) mass is 550 g/mol. The van der Waals surface area contributed by atoms with E-state index in [0.717, 1.165) is 16.0 Å². The predicted octanol–water partition coefficient (Wildman–Crippen LogP) is 5.04. The van der Waals surface area contributed by atoms with Crippen molar-refractivity contribution < 1.29 is 28.9 Å². The quantitative estimate of drug-likeness (QED) is 0.211. The van der Waals surface area contributed by atoms with E-state index in [9.17, 15) is 20.2 Å². The number of aliphatic hydroxyl groups excluding tert-OH is 1. The molecule has 2 aliphatic rings. The van der Waals surface area contributed by atoms with Crippen molar-refractivity contribution in [2.24, 2.45) is 17.0 Å². The summed E-state index contributed by atoms with van der Waals surface area (Å²) in [6.45, 7) is 4.79. The number of carbonyl (C=O) groups excluding carboxylic acids is 2. The number of aliphatic hydroxyl groups is 1. The van der Waals surface area contributed by atoms with Gasteiger partial charge in [0.1, 0.15) is 6.61 Å². The first-order chi connectivity index (χ1) is 19.3. The number of cyclic esters (lactones) is 1. The molecule has 0 aliphatic carbocycles. The summed E-state index contributed by atoms with van der Waals surface area (Å²) in [6.07, 6.45) is -0.540. The lowest BCUT2D eigenvalue weighted by molar-refractivity contribution is -0.182. The Labute approximate surface area is 234 Å². The second-order valence-corrected chi connectivity index (χ2v) is 11.0. The second kappa shape index (κ2) is 13.8. The summed E-state index contributed by atoms with van der Waals surface area (Å²) in [5.41, 5.74) is 11.2. The zero-order valence-corrected chi connectivity index (χ0v) is 23.1. The Kier molecular flexibility index (Phi) is 10.2. The fraction of sp³-hybridized carbons (Fsp3) is 0.533. The Balaban J connectivity index is 1.61. The van der Waals surface area contributed by atoms with Gasteiger partial charge in [0.2, 0.25) is 5.91 Å². The molecule has 0 saturated carbocycles. The van der Waals surface area contributed by atoms with Gasteiger partial charge in [0.25, 0.3) is 0 Å². The van der Waals surface area contributed by atoms with Crippen LogP contribution in [0, 0.1) is 11.8 Å². The van der Waals surface area contributed by atoms with E-state index >= 15 is 0 Å². The molecule has 2 fully saturated rings. The standard InChI is InChI=1S/C30H38N4O6/c1-21(2)15-24(32-33-31)17-26(27(35)19-30(39-13-14-40-30)18-23-11-7-4-8-12-23)28(36)34-25(20-38-29(34)37)16-22-9-5-3-6-10-22/h3-12,21,24-27,35H,13-20H2,1-2H3/t24-,25+,26+,27-/m0/s1. The molecule has 2 heterocycles. The number of carbonyl (C=O) groups is 2. The molecule has 2 amide bonds. The molecule has 2 saturated heterocycles. The van der Waals surface area contributed by atoms with Crippen molar-refractivity contribution in [3.8, 4) is 0 Å². The smallest absolute Gasteiger partial charge is 0.416 e. The van der Waals surface area contributed by atoms with Crippen LogP contribution >= 0.6 is 0 Å². The Morgan fingerprint density at radius 1 is 1.07 bits per heavy atom. The number of benzene rings is 2. The Morgan fingerprint density at radius 3 is 2.30 bits per heavy atom. The van der Waals surface area contributed by atoms with Crippen LogP contribution in [0.1, 0.15) is 44.2 Å². The lowest BCUT2D eigenvalue weighted by Gasteiger charge is -2.34. The predicted molar refractivity (Wildman–Crippen MR) is 148 cm³/mol. The molecule has 0 aromatic heterocycles. The van der Waals surface area contributed by atoms with Crippen molar-refractivity contribution in [2.45, 2.75) is 69.9 Å². The van der Waals surface area contributed by atoms with Gasteiger partial charge in [-0.1, -0.05) is 79.6 Å². The molecule has 4 rings (SSSR count). The maximum atomic E-state index is 14.1. The van der Waals surface area contributed by atoms with E-state index < -0.39 is 41.9 Å². The first-order valence-electron chi connectivity index (χ1n) is 13.9. The third-order valence-electron chi connectivity index (χ3n) is 7.43. The number of ether oxygens (including phenoxy) is 3. The summed E-state index contributed by atoms with van der Waals surface area (Å²) in [6, 6.07) is 18.2. The summed E-state index contributed by atoms with van der Waals surface area (Å²) in [7, 11) is 0. The van der Waals surface area contributed by atoms with Crippen LogP contribution in [0.3, 0.4) is 0 Å². The molecular weight excluding hydrogens is 512 g/mol. The first-order valence-corrected chi connectivity index (χ1v) is 13.9. The normalized spacial score (nSPS) is 20.6. The maximum Gasteiger partial charge on any atom is 0.416 e. The molecule has 10 heteroatoms. The number of nitrogens with zero attached hydrogens (tertiary/aromatic N) is 4. The summed E-state index contributed by atoms with van der Waals surface area (Å²) in [4.78, 5) is 31.1. The van der Waals surface area contributed by atoms with Crippen LogP contribution in [0.15, 0.2) is 65.8 Å². The van der Waals surface area contributed by atoms with Crippen LogP contribution in [-0.4, -0.2) is 65.8 Å². The summed E-state index contributed by atoms with van der Waals surface area (Å²) in [5.74, 6) is -2.53. The SMILES string of the molecule is CC(C)C[C@@H](C[C@@H](C(=O)N1C(=O)OC[C@H]1Cc1ccccc1)[C@@H](O)CC1(Cc2ccccc2)OCCO1)N=[N+]=[N-]. The van der Waals surface area contributed by atoms with Crippen molar-refractivity contribution in [1.29, 1.82) is 0 Å². The topological polar surface area (TPSA) is 134 Å². The number of azide groups is 1. The molecule has 0 radical (unpaired) electrons. The molecule has 10 nitrogen and oxygen atoms in total. The number of imide groups is 1. The van der Waals surface area contributed by atoms with Crippen LogP contribution in [0.25, 0.3) is 10.4 Å². The van der Waals surface area contributed by atoms with Crippen molar-refractivity contribution in [3.05, 3.63) is 82.2 Å². The van der Waals surface area contributed by atoms with Gasteiger partial charge in [-0.2, -0.15) is 0 Å². The third-order valence-corrected chi connectivity index (χ3v) is 7.43. The summed E-state index contributed by atoms with van der Waals surface area (Å²) in [5, 5.41) is 15.6. The number of amides is 2. The Bertz CT molecular complexity index is 1170. The van der Waals surface area contributed by atoms with E-state index in [1.54, 1.807) is 0 Å². The van der Waals surface area contributed by atoms with Crippen molar-refractivity contribution in [2.75, 3.05) is 19.8 Å². The molecule has 0 unspecified atom stereocenters. The minimum atomic E-state index is -1.23. The van der Waals surface area contributed by atoms with Gasteiger partial charge in [0, 0.05) is 23.8 Å². The lowest BCUT2D eigenvalue weighted by Crippen LogP contribution is -2.49. The van der Waals surface area contributed by atoms with E-state index in [0.29, 0.717) is 32.5 Å². The van der Waals surface area contributed by atoms with Crippen LogP contribution in [0.2, 0.25) is 0 Å². The van der Waals surface area contributed by atoms with Gasteiger partial charge in [-0.15, -0.1) is 0 Å².